The van der Waals surface area contributed by atoms with E-state index in [1.54, 1.807) is 17.3 Å². The molecular formula is C19H27N3O4. The van der Waals surface area contributed by atoms with Gasteiger partial charge in [-0.25, -0.2) is 4.79 Å². The van der Waals surface area contributed by atoms with Gasteiger partial charge in [-0.3, -0.25) is 9.78 Å². The predicted octanol–water partition coefficient (Wildman–Crippen LogP) is 2.32. The summed E-state index contributed by atoms with van der Waals surface area (Å²) in [5.41, 5.74) is -0.525. The van der Waals surface area contributed by atoms with Gasteiger partial charge < -0.3 is 19.3 Å². The lowest BCUT2D eigenvalue weighted by Gasteiger charge is -2.42. The number of carbonyl (C=O) groups excluding carboxylic acids is 2. The van der Waals surface area contributed by atoms with Gasteiger partial charge in [-0.2, -0.15) is 0 Å². The topological polar surface area (TPSA) is 72.0 Å². The molecule has 1 aromatic heterocycles. The monoisotopic (exact) mass is 361 g/mol. The van der Waals surface area contributed by atoms with Gasteiger partial charge in [0, 0.05) is 19.3 Å². The Hall–Kier alpha value is -2.31. The smallest absolute Gasteiger partial charge is 0.410 e. The highest BCUT2D eigenvalue weighted by Gasteiger charge is 2.38. The number of likely N-dealkylation sites (tertiary alicyclic amines) is 2. The first-order chi connectivity index (χ1) is 12.3. The van der Waals surface area contributed by atoms with Crippen LogP contribution in [0.2, 0.25) is 0 Å². The van der Waals surface area contributed by atoms with Crippen LogP contribution in [0.3, 0.4) is 0 Å². The van der Waals surface area contributed by atoms with Crippen molar-refractivity contribution in [2.75, 3.05) is 26.2 Å². The molecule has 0 saturated carbocycles. The fraction of sp³-hybridized carbons (Fsp3) is 0.632. The van der Waals surface area contributed by atoms with E-state index in [2.05, 4.69) is 4.98 Å². The van der Waals surface area contributed by atoms with Crippen molar-refractivity contribution >= 4 is 12.0 Å². The van der Waals surface area contributed by atoms with E-state index < -0.39 is 5.60 Å². The van der Waals surface area contributed by atoms with Crippen molar-refractivity contribution < 1.29 is 19.1 Å². The summed E-state index contributed by atoms with van der Waals surface area (Å²) in [7, 11) is 0. The predicted molar refractivity (Wildman–Crippen MR) is 95.8 cm³/mol. The Morgan fingerprint density at radius 1 is 1.19 bits per heavy atom. The quantitative estimate of drug-likeness (QED) is 0.826. The average Bonchev–Trinajstić information content (AvgIpc) is 2.57. The molecule has 0 bridgehead atoms. The number of ether oxygens (including phenoxy) is 2. The maximum absolute atomic E-state index is 12.7. The van der Waals surface area contributed by atoms with Crippen molar-refractivity contribution in [2.45, 2.75) is 45.3 Å². The standard InChI is InChI=1S/C19H27N3O4/c1-19(2,3)26-18(24)21-9-5-6-14(11-21)17(23)22-12-16(13-22)25-15-7-4-8-20-10-15/h4,7-8,10,14,16H,5-6,9,11-13H2,1-3H3. The van der Waals surface area contributed by atoms with E-state index in [1.165, 1.54) is 0 Å². The first-order valence-corrected chi connectivity index (χ1v) is 9.15. The largest absolute Gasteiger partial charge is 0.485 e. The van der Waals surface area contributed by atoms with Crippen LogP contribution < -0.4 is 4.74 Å². The second-order valence-corrected chi connectivity index (χ2v) is 7.94. The average molecular weight is 361 g/mol. The van der Waals surface area contributed by atoms with Gasteiger partial charge in [-0.05, 0) is 45.7 Å². The Morgan fingerprint density at radius 3 is 2.62 bits per heavy atom. The van der Waals surface area contributed by atoms with E-state index in [0.717, 1.165) is 18.6 Å². The second kappa shape index (κ2) is 7.51. The van der Waals surface area contributed by atoms with Crippen LogP contribution in [-0.2, 0) is 9.53 Å². The number of aromatic nitrogens is 1. The lowest BCUT2D eigenvalue weighted by Crippen LogP contribution is -2.59. The number of pyridine rings is 1. The maximum Gasteiger partial charge on any atom is 0.410 e. The molecule has 0 aliphatic carbocycles. The molecule has 7 heteroatoms. The first kappa shape index (κ1) is 18.5. The third-order valence-corrected chi connectivity index (χ3v) is 4.52. The molecular weight excluding hydrogens is 334 g/mol. The van der Waals surface area contributed by atoms with E-state index in [4.69, 9.17) is 9.47 Å². The summed E-state index contributed by atoms with van der Waals surface area (Å²) in [6.45, 7) is 7.77. The molecule has 2 aliphatic rings. The van der Waals surface area contributed by atoms with Crippen LogP contribution in [0.4, 0.5) is 4.79 Å². The molecule has 142 valence electrons. The van der Waals surface area contributed by atoms with Gasteiger partial charge in [0.15, 0.2) is 0 Å². The third-order valence-electron chi connectivity index (χ3n) is 4.52. The minimum Gasteiger partial charge on any atom is -0.485 e. The Kier molecular flexibility index (Phi) is 5.34. The van der Waals surface area contributed by atoms with Crippen LogP contribution >= 0.6 is 0 Å². The maximum atomic E-state index is 12.7. The lowest BCUT2D eigenvalue weighted by atomic mass is 9.95. The third kappa shape index (κ3) is 4.65. The van der Waals surface area contributed by atoms with Crippen LogP contribution in [0.1, 0.15) is 33.6 Å². The number of rotatable bonds is 3. The van der Waals surface area contributed by atoms with Crippen LogP contribution in [0.5, 0.6) is 5.75 Å². The normalized spacial score (nSPS) is 21.1. The van der Waals surface area contributed by atoms with Gasteiger partial charge in [-0.1, -0.05) is 0 Å². The van der Waals surface area contributed by atoms with Gasteiger partial charge in [0.1, 0.15) is 17.5 Å². The van der Waals surface area contributed by atoms with E-state index in [1.807, 2.05) is 37.8 Å². The minimum absolute atomic E-state index is 0.00806. The van der Waals surface area contributed by atoms with E-state index >= 15 is 0 Å². The summed E-state index contributed by atoms with van der Waals surface area (Å²) >= 11 is 0. The molecule has 1 atom stereocenters. The molecule has 0 N–H and O–H groups in total. The Balaban J connectivity index is 1.47. The zero-order valence-corrected chi connectivity index (χ0v) is 15.7. The highest BCUT2D eigenvalue weighted by Crippen LogP contribution is 2.24. The molecule has 2 aliphatic heterocycles. The Labute approximate surface area is 154 Å². The molecule has 3 rings (SSSR count). The van der Waals surface area contributed by atoms with Crippen LogP contribution in [0, 0.1) is 5.92 Å². The van der Waals surface area contributed by atoms with Crippen LogP contribution in [-0.4, -0.2) is 64.7 Å². The van der Waals surface area contributed by atoms with Gasteiger partial charge in [0.05, 0.1) is 25.2 Å². The molecule has 0 spiro atoms. The summed E-state index contributed by atoms with van der Waals surface area (Å²) in [4.78, 5) is 32.4. The summed E-state index contributed by atoms with van der Waals surface area (Å²) in [6.07, 6.45) is 4.67. The van der Waals surface area contributed by atoms with Crippen molar-refractivity contribution in [3.8, 4) is 5.75 Å². The van der Waals surface area contributed by atoms with Crippen LogP contribution in [0.25, 0.3) is 0 Å². The number of nitrogens with zero attached hydrogens (tertiary/aromatic N) is 3. The van der Waals surface area contributed by atoms with Crippen molar-refractivity contribution in [3.63, 3.8) is 0 Å². The van der Waals surface area contributed by atoms with Gasteiger partial charge >= 0.3 is 6.09 Å². The molecule has 2 amide bonds. The summed E-state index contributed by atoms with van der Waals surface area (Å²) in [5.74, 6) is 0.665. The number of hydrogen-bond donors (Lipinski definition) is 0. The Morgan fingerprint density at radius 2 is 1.96 bits per heavy atom. The summed E-state index contributed by atoms with van der Waals surface area (Å²) in [5, 5.41) is 0. The number of hydrogen-bond acceptors (Lipinski definition) is 5. The number of amides is 2. The van der Waals surface area contributed by atoms with Crippen molar-refractivity contribution in [1.82, 2.24) is 14.8 Å². The molecule has 0 aromatic carbocycles. The summed E-state index contributed by atoms with van der Waals surface area (Å²) < 4.78 is 11.2. The zero-order chi connectivity index (χ0) is 18.7. The highest BCUT2D eigenvalue weighted by atomic mass is 16.6. The molecule has 26 heavy (non-hydrogen) atoms. The van der Waals surface area contributed by atoms with Crippen molar-refractivity contribution in [3.05, 3.63) is 24.5 Å². The second-order valence-electron chi connectivity index (χ2n) is 7.94. The fourth-order valence-corrected chi connectivity index (χ4v) is 3.23. The number of piperidine rings is 1. The molecule has 7 nitrogen and oxygen atoms in total. The fourth-order valence-electron chi connectivity index (χ4n) is 3.23. The molecule has 1 aromatic rings. The first-order valence-electron chi connectivity index (χ1n) is 9.15. The minimum atomic E-state index is -0.525. The summed E-state index contributed by atoms with van der Waals surface area (Å²) in [6, 6.07) is 3.68. The lowest BCUT2D eigenvalue weighted by molar-refractivity contribution is -0.146. The molecule has 2 saturated heterocycles. The SMILES string of the molecule is CC(C)(C)OC(=O)N1CCCC(C(=O)N2CC(Oc3cccnc3)C2)C1. The highest BCUT2D eigenvalue weighted by molar-refractivity contribution is 5.81. The zero-order valence-electron chi connectivity index (χ0n) is 15.7. The molecule has 0 radical (unpaired) electrons. The molecule has 3 heterocycles. The molecule has 1 unspecified atom stereocenters. The van der Waals surface area contributed by atoms with Gasteiger partial charge in [0.2, 0.25) is 5.91 Å². The Bertz CT molecular complexity index is 638. The van der Waals surface area contributed by atoms with Gasteiger partial charge in [0.25, 0.3) is 0 Å². The number of carbonyl (C=O) groups is 2. The van der Waals surface area contributed by atoms with Crippen LogP contribution in [0.15, 0.2) is 24.5 Å². The molecule has 2 fully saturated rings. The van der Waals surface area contributed by atoms with E-state index in [-0.39, 0.29) is 24.0 Å². The van der Waals surface area contributed by atoms with Gasteiger partial charge in [-0.15, -0.1) is 0 Å². The van der Waals surface area contributed by atoms with Crippen molar-refractivity contribution in [2.24, 2.45) is 5.92 Å². The van der Waals surface area contributed by atoms with Crippen molar-refractivity contribution in [1.29, 1.82) is 0 Å². The van der Waals surface area contributed by atoms with E-state index in [0.29, 0.717) is 26.2 Å². The van der Waals surface area contributed by atoms with E-state index in [9.17, 15) is 9.59 Å².